The molecule has 0 aliphatic heterocycles. The van der Waals surface area contributed by atoms with E-state index in [0.717, 1.165) is 59.4 Å². The second-order valence-electron chi connectivity index (χ2n) is 11.5. The van der Waals surface area contributed by atoms with Crippen molar-refractivity contribution < 1.29 is 9.47 Å². The number of nitriles is 2. The average Bonchev–Trinajstić information content (AvgIpc) is 3.07. The lowest BCUT2D eigenvalue weighted by Crippen LogP contribution is -2.13. The normalized spacial score (nSPS) is 12.6. The average molecular weight is 589 g/mol. The molecule has 2 unspecified atom stereocenters. The smallest absolute Gasteiger partial charge is 0.127 e. The molecule has 0 amide bonds. The molecular formula is C40H48N2O2. The first kappa shape index (κ1) is 34.2. The first-order valence-electron chi connectivity index (χ1n) is 16.3. The van der Waals surface area contributed by atoms with Gasteiger partial charge in [0.1, 0.15) is 11.5 Å². The largest absolute Gasteiger partial charge is 0.493 e. The number of unbranched alkanes of at least 4 members (excludes halogenated alkanes) is 2. The van der Waals surface area contributed by atoms with Gasteiger partial charge in [0.2, 0.25) is 0 Å². The third-order valence-electron chi connectivity index (χ3n) is 8.12. The molecule has 0 saturated heterocycles. The van der Waals surface area contributed by atoms with Crippen molar-refractivity contribution in [2.75, 3.05) is 13.2 Å². The third kappa shape index (κ3) is 11.1. The van der Waals surface area contributed by atoms with Gasteiger partial charge in [-0.25, -0.2) is 0 Å². The fraction of sp³-hybridized carbons (Fsp3) is 0.400. The summed E-state index contributed by atoms with van der Waals surface area (Å²) in [4.78, 5) is 0. The van der Waals surface area contributed by atoms with Crippen molar-refractivity contribution in [3.63, 3.8) is 0 Å². The molecule has 0 aromatic heterocycles. The summed E-state index contributed by atoms with van der Waals surface area (Å²) >= 11 is 0. The molecule has 4 heteroatoms. The number of hydrogen-bond donors (Lipinski definition) is 0. The van der Waals surface area contributed by atoms with Gasteiger partial charge in [0.25, 0.3) is 0 Å². The van der Waals surface area contributed by atoms with Crippen LogP contribution in [0, 0.1) is 34.5 Å². The lowest BCUT2D eigenvalue weighted by atomic mass is 10.00. The van der Waals surface area contributed by atoms with Crippen LogP contribution in [-0.4, -0.2) is 13.2 Å². The Balaban J connectivity index is 2.05. The lowest BCUT2D eigenvalue weighted by molar-refractivity contribution is 0.227. The summed E-state index contributed by atoms with van der Waals surface area (Å²) in [6, 6.07) is 23.8. The van der Waals surface area contributed by atoms with Gasteiger partial charge in [0.05, 0.1) is 36.5 Å². The van der Waals surface area contributed by atoms with E-state index in [4.69, 9.17) is 9.47 Å². The minimum atomic E-state index is 0.492. The van der Waals surface area contributed by atoms with Gasteiger partial charge in [-0.3, -0.25) is 0 Å². The van der Waals surface area contributed by atoms with Gasteiger partial charge in [-0.2, -0.15) is 10.5 Å². The molecule has 3 rings (SSSR count). The summed E-state index contributed by atoms with van der Waals surface area (Å²) in [6.07, 6.45) is 17.4. The third-order valence-corrected chi connectivity index (χ3v) is 8.12. The maximum absolute atomic E-state index is 9.37. The van der Waals surface area contributed by atoms with Crippen LogP contribution in [0.5, 0.6) is 11.5 Å². The zero-order chi connectivity index (χ0) is 31.6. The van der Waals surface area contributed by atoms with Crippen LogP contribution in [0.4, 0.5) is 0 Å². The van der Waals surface area contributed by atoms with Crippen LogP contribution < -0.4 is 9.47 Å². The predicted octanol–water partition coefficient (Wildman–Crippen LogP) is 11.0. The van der Waals surface area contributed by atoms with Crippen LogP contribution in [0.25, 0.3) is 24.3 Å². The minimum absolute atomic E-state index is 0.492. The van der Waals surface area contributed by atoms with Gasteiger partial charge in [-0.1, -0.05) is 115 Å². The highest BCUT2D eigenvalue weighted by Gasteiger charge is 2.15. The first-order valence-corrected chi connectivity index (χ1v) is 16.3. The highest BCUT2D eigenvalue weighted by molar-refractivity contribution is 5.79. The van der Waals surface area contributed by atoms with Gasteiger partial charge in [-0.05, 0) is 72.2 Å². The number of hydrogen-bond acceptors (Lipinski definition) is 4. The van der Waals surface area contributed by atoms with Crippen molar-refractivity contribution in [2.45, 2.75) is 79.1 Å². The fourth-order valence-electron chi connectivity index (χ4n) is 5.11. The van der Waals surface area contributed by atoms with Crippen LogP contribution in [0.2, 0.25) is 0 Å². The summed E-state index contributed by atoms with van der Waals surface area (Å²) < 4.78 is 13.1. The number of nitrogens with zero attached hydrogens (tertiary/aromatic N) is 2. The Hall–Kier alpha value is -4.28. The molecule has 3 aromatic carbocycles. The van der Waals surface area contributed by atoms with Crippen molar-refractivity contribution in [3.8, 4) is 23.6 Å². The lowest BCUT2D eigenvalue weighted by Gasteiger charge is -2.20. The van der Waals surface area contributed by atoms with Crippen LogP contribution in [0.3, 0.4) is 0 Å². The molecular weight excluding hydrogens is 540 g/mol. The van der Waals surface area contributed by atoms with Crippen LogP contribution in [-0.2, 0) is 0 Å². The summed E-state index contributed by atoms with van der Waals surface area (Å²) in [6.45, 7) is 10.2. The molecule has 0 radical (unpaired) electrons. The van der Waals surface area contributed by atoms with Crippen molar-refractivity contribution in [1.82, 2.24) is 0 Å². The van der Waals surface area contributed by atoms with Crippen molar-refractivity contribution in [1.29, 1.82) is 10.5 Å². The molecule has 0 fully saturated rings. The quantitative estimate of drug-likeness (QED) is 0.139. The molecule has 0 heterocycles. The van der Waals surface area contributed by atoms with Crippen molar-refractivity contribution in [3.05, 3.63) is 94.0 Å². The van der Waals surface area contributed by atoms with E-state index >= 15 is 0 Å². The Morgan fingerprint density at radius 1 is 0.614 bits per heavy atom. The standard InChI is InChI=1S/C40H48N2O2/c1-5-9-13-31(7-3)29-43-39-25-38(22-20-34-16-12-18-36(24-34)28-42)40(44-30-32(8-4)14-10-6-2)26-37(39)21-19-33-15-11-17-35(23-33)27-41/h11-12,15-26,31-32H,5-10,13-14,29-30H2,1-4H3/b21-19+,22-20+. The number of rotatable bonds is 18. The molecule has 0 bridgehead atoms. The van der Waals surface area contributed by atoms with E-state index < -0.39 is 0 Å². The van der Waals surface area contributed by atoms with Gasteiger partial charge < -0.3 is 9.47 Å². The Bertz CT molecular complexity index is 1350. The molecule has 0 N–H and O–H groups in total. The molecule has 230 valence electrons. The molecule has 44 heavy (non-hydrogen) atoms. The first-order chi connectivity index (χ1) is 21.5. The Morgan fingerprint density at radius 2 is 1.05 bits per heavy atom. The van der Waals surface area contributed by atoms with E-state index in [1.807, 2.05) is 60.7 Å². The van der Waals surface area contributed by atoms with Gasteiger partial charge in [0.15, 0.2) is 0 Å². The topological polar surface area (TPSA) is 66.0 Å². The van der Waals surface area contributed by atoms with E-state index in [1.54, 1.807) is 0 Å². The minimum Gasteiger partial charge on any atom is -0.493 e. The van der Waals surface area contributed by atoms with E-state index in [1.165, 1.54) is 25.7 Å². The summed E-state index contributed by atoms with van der Waals surface area (Å²) in [7, 11) is 0. The van der Waals surface area contributed by atoms with Gasteiger partial charge >= 0.3 is 0 Å². The highest BCUT2D eigenvalue weighted by atomic mass is 16.5. The van der Waals surface area contributed by atoms with E-state index in [0.29, 0.717) is 36.2 Å². The molecule has 4 nitrogen and oxygen atoms in total. The highest BCUT2D eigenvalue weighted by Crippen LogP contribution is 2.34. The van der Waals surface area contributed by atoms with E-state index in [-0.39, 0.29) is 0 Å². The Labute approximate surface area is 265 Å². The van der Waals surface area contributed by atoms with Crippen molar-refractivity contribution in [2.24, 2.45) is 11.8 Å². The SMILES string of the molecule is CCCCC(CC)COc1cc(/C=C/c2cccc(C#N)c2)c(OCC(CC)CCCC)cc1/C=C/c1cccc(C#N)c1. The summed E-state index contributed by atoms with van der Waals surface area (Å²) in [5.74, 6) is 2.60. The second-order valence-corrected chi connectivity index (χ2v) is 11.5. The monoisotopic (exact) mass is 588 g/mol. The molecule has 0 aliphatic rings. The van der Waals surface area contributed by atoms with Gasteiger partial charge in [-0.15, -0.1) is 0 Å². The van der Waals surface area contributed by atoms with E-state index in [9.17, 15) is 10.5 Å². The van der Waals surface area contributed by atoms with Crippen LogP contribution in [0.1, 0.15) is 112 Å². The number of benzene rings is 3. The van der Waals surface area contributed by atoms with Crippen LogP contribution >= 0.6 is 0 Å². The number of ether oxygens (including phenoxy) is 2. The molecule has 0 saturated carbocycles. The molecule has 3 aromatic rings. The zero-order valence-electron chi connectivity index (χ0n) is 27.0. The summed E-state index contributed by atoms with van der Waals surface area (Å²) in [5, 5.41) is 18.7. The Morgan fingerprint density at radius 3 is 1.41 bits per heavy atom. The molecule has 0 aliphatic carbocycles. The van der Waals surface area contributed by atoms with Crippen molar-refractivity contribution >= 4 is 24.3 Å². The molecule has 0 spiro atoms. The maximum Gasteiger partial charge on any atom is 0.127 e. The second kappa shape index (κ2) is 19.1. The fourth-order valence-corrected chi connectivity index (χ4v) is 5.11. The van der Waals surface area contributed by atoms with Crippen LogP contribution in [0.15, 0.2) is 60.7 Å². The Kier molecular flexibility index (Phi) is 14.8. The van der Waals surface area contributed by atoms with Gasteiger partial charge in [0, 0.05) is 11.1 Å². The summed E-state index contributed by atoms with van der Waals surface area (Å²) in [5.41, 5.74) is 5.06. The maximum atomic E-state index is 9.37. The predicted molar refractivity (Wildman–Crippen MR) is 184 cm³/mol. The zero-order valence-corrected chi connectivity index (χ0v) is 27.0. The van der Waals surface area contributed by atoms with E-state index in [2.05, 4.69) is 64.1 Å². The molecule has 2 atom stereocenters.